The molecule has 0 fully saturated rings. The lowest BCUT2D eigenvalue weighted by molar-refractivity contribution is 0.0268. The number of guanidine groups is 1. The molecule has 1 aromatic carbocycles. The highest BCUT2D eigenvalue weighted by Gasteiger charge is 2.16. The molecular formula is C18H28IN5O. The Balaban J connectivity index is 0.00000312. The van der Waals surface area contributed by atoms with Crippen LogP contribution in [0.3, 0.4) is 0 Å². The lowest BCUT2D eigenvalue weighted by Gasteiger charge is -2.24. The summed E-state index contributed by atoms with van der Waals surface area (Å²) < 4.78 is 7.32. The van der Waals surface area contributed by atoms with Crippen LogP contribution in [0.2, 0.25) is 0 Å². The third-order valence-electron chi connectivity index (χ3n) is 3.81. The Morgan fingerprint density at radius 3 is 2.64 bits per heavy atom. The van der Waals surface area contributed by atoms with E-state index in [1.54, 1.807) is 20.4 Å². The van der Waals surface area contributed by atoms with Crippen molar-refractivity contribution in [3.63, 3.8) is 0 Å². The first kappa shape index (κ1) is 21.4. The lowest BCUT2D eigenvalue weighted by atomic mass is 10.1. The van der Waals surface area contributed by atoms with E-state index < -0.39 is 0 Å². The molecule has 1 aromatic heterocycles. The van der Waals surface area contributed by atoms with Crippen molar-refractivity contribution >= 4 is 29.9 Å². The number of nitrogens with one attached hydrogen (secondary N) is 2. The van der Waals surface area contributed by atoms with Crippen LogP contribution in [0.1, 0.15) is 25.0 Å². The first-order valence-electron chi connectivity index (χ1n) is 8.07. The van der Waals surface area contributed by atoms with Gasteiger partial charge in [-0.2, -0.15) is 5.10 Å². The van der Waals surface area contributed by atoms with Crippen LogP contribution >= 0.6 is 24.0 Å². The maximum Gasteiger partial charge on any atom is 0.191 e. The summed E-state index contributed by atoms with van der Waals surface area (Å²) in [6.45, 7) is 6.23. The number of benzene rings is 1. The molecule has 0 aliphatic rings. The van der Waals surface area contributed by atoms with E-state index in [0.717, 1.165) is 12.5 Å². The molecule has 0 saturated heterocycles. The monoisotopic (exact) mass is 457 g/mol. The van der Waals surface area contributed by atoms with Gasteiger partial charge in [0.25, 0.3) is 0 Å². The number of hydrogen-bond donors (Lipinski definition) is 2. The van der Waals surface area contributed by atoms with Crippen molar-refractivity contribution in [1.82, 2.24) is 20.4 Å². The number of aliphatic imine (C=N–C) groups is 1. The number of rotatable bonds is 7. The van der Waals surface area contributed by atoms with Crippen LogP contribution in [-0.2, 0) is 17.8 Å². The Kier molecular flexibility index (Phi) is 8.91. The molecule has 0 amide bonds. The third-order valence-corrected chi connectivity index (χ3v) is 3.81. The molecule has 6 nitrogen and oxygen atoms in total. The van der Waals surface area contributed by atoms with Crippen molar-refractivity contribution in [3.05, 3.63) is 53.9 Å². The molecule has 138 valence electrons. The van der Waals surface area contributed by atoms with Crippen LogP contribution in [0.25, 0.3) is 0 Å². The van der Waals surface area contributed by atoms with Crippen LogP contribution in [0.4, 0.5) is 0 Å². The number of nitrogens with zero attached hydrogens (tertiary/aromatic N) is 3. The van der Waals surface area contributed by atoms with Crippen molar-refractivity contribution in [2.45, 2.75) is 32.5 Å². The minimum Gasteiger partial charge on any atom is -0.377 e. The van der Waals surface area contributed by atoms with Gasteiger partial charge in [0.1, 0.15) is 0 Å². The van der Waals surface area contributed by atoms with Gasteiger partial charge >= 0.3 is 0 Å². The number of aromatic nitrogens is 2. The SMILES string of the molecule is CN=C(NCc1cccc(Cn2cccn2)c1)NCC(C)(C)OC.I. The van der Waals surface area contributed by atoms with Gasteiger partial charge < -0.3 is 15.4 Å². The van der Waals surface area contributed by atoms with Crippen molar-refractivity contribution in [3.8, 4) is 0 Å². The van der Waals surface area contributed by atoms with Gasteiger partial charge in [0, 0.05) is 39.6 Å². The molecule has 0 aliphatic carbocycles. The van der Waals surface area contributed by atoms with E-state index in [1.165, 1.54) is 11.1 Å². The van der Waals surface area contributed by atoms with Gasteiger partial charge in [0.05, 0.1) is 12.1 Å². The van der Waals surface area contributed by atoms with Gasteiger partial charge in [-0.25, -0.2) is 0 Å². The minimum atomic E-state index is -0.235. The van der Waals surface area contributed by atoms with Crippen molar-refractivity contribution < 1.29 is 4.74 Å². The molecule has 2 aromatic rings. The predicted octanol–water partition coefficient (Wildman–Crippen LogP) is 2.64. The highest BCUT2D eigenvalue weighted by molar-refractivity contribution is 14.0. The molecule has 0 saturated carbocycles. The number of methoxy groups -OCH3 is 1. The highest BCUT2D eigenvalue weighted by Crippen LogP contribution is 2.07. The summed E-state index contributed by atoms with van der Waals surface area (Å²) in [7, 11) is 3.48. The van der Waals surface area contributed by atoms with E-state index >= 15 is 0 Å². The molecule has 7 heteroatoms. The smallest absolute Gasteiger partial charge is 0.191 e. The predicted molar refractivity (Wildman–Crippen MR) is 112 cm³/mol. The van der Waals surface area contributed by atoms with Crippen molar-refractivity contribution in [2.24, 2.45) is 4.99 Å². The van der Waals surface area contributed by atoms with E-state index in [4.69, 9.17) is 4.74 Å². The fourth-order valence-corrected chi connectivity index (χ4v) is 2.19. The number of ether oxygens (including phenoxy) is 1. The van der Waals surface area contributed by atoms with Crippen molar-refractivity contribution in [1.29, 1.82) is 0 Å². The molecule has 2 rings (SSSR count). The summed E-state index contributed by atoms with van der Waals surface area (Å²) in [6, 6.07) is 10.4. The van der Waals surface area contributed by atoms with Gasteiger partial charge in [0.15, 0.2) is 5.96 Å². The number of halogens is 1. The molecule has 0 aliphatic heterocycles. The van der Waals surface area contributed by atoms with E-state index in [0.29, 0.717) is 13.1 Å². The summed E-state index contributed by atoms with van der Waals surface area (Å²) in [4.78, 5) is 4.25. The maximum atomic E-state index is 5.41. The van der Waals surface area contributed by atoms with E-state index in [-0.39, 0.29) is 29.6 Å². The van der Waals surface area contributed by atoms with Crippen LogP contribution in [0.5, 0.6) is 0 Å². The average Bonchev–Trinajstić information content (AvgIpc) is 3.08. The van der Waals surface area contributed by atoms with Gasteiger partial charge in [-0.05, 0) is 31.0 Å². The summed E-state index contributed by atoms with van der Waals surface area (Å²) in [6.07, 6.45) is 3.76. The normalized spacial score (nSPS) is 11.8. The molecule has 0 spiro atoms. The standard InChI is InChI=1S/C18H27N5O.HI/c1-18(2,24-4)14-21-17(19-3)20-12-15-7-5-8-16(11-15)13-23-10-6-9-22-23;/h5-11H,12-14H2,1-4H3,(H2,19,20,21);1H. The quantitative estimate of drug-likeness (QED) is 0.381. The van der Waals surface area contributed by atoms with E-state index in [9.17, 15) is 0 Å². The van der Waals surface area contributed by atoms with Gasteiger partial charge in [-0.15, -0.1) is 24.0 Å². The third kappa shape index (κ3) is 7.43. The Bertz CT molecular complexity index is 655. The molecule has 0 radical (unpaired) electrons. The molecule has 0 atom stereocenters. The van der Waals surface area contributed by atoms with Gasteiger partial charge in [-0.3, -0.25) is 9.67 Å². The van der Waals surface area contributed by atoms with Crippen LogP contribution < -0.4 is 10.6 Å². The Hall–Kier alpha value is -1.61. The van der Waals surface area contributed by atoms with Crippen LogP contribution in [0.15, 0.2) is 47.7 Å². The Labute approximate surface area is 167 Å². The van der Waals surface area contributed by atoms with Crippen molar-refractivity contribution in [2.75, 3.05) is 20.7 Å². The van der Waals surface area contributed by atoms with Gasteiger partial charge in [-0.1, -0.05) is 24.3 Å². The highest BCUT2D eigenvalue weighted by atomic mass is 127. The topological polar surface area (TPSA) is 63.5 Å². The molecule has 2 N–H and O–H groups in total. The Morgan fingerprint density at radius 2 is 2.00 bits per heavy atom. The molecule has 25 heavy (non-hydrogen) atoms. The summed E-state index contributed by atoms with van der Waals surface area (Å²) in [5, 5.41) is 10.9. The zero-order chi connectivity index (χ0) is 17.4. The minimum absolute atomic E-state index is 0. The maximum absolute atomic E-state index is 5.41. The summed E-state index contributed by atoms with van der Waals surface area (Å²) >= 11 is 0. The van der Waals surface area contributed by atoms with E-state index in [1.807, 2.05) is 30.8 Å². The second-order valence-electron chi connectivity index (χ2n) is 6.27. The van der Waals surface area contributed by atoms with Crippen LogP contribution in [0, 0.1) is 0 Å². The lowest BCUT2D eigenvalue weighted by Crippen LogP contribution is -2.45. The van der Waals surface area contributed by atoms with Crippen LogP contribution in [-0.4, -0.2) is 42.0 Å². The van der Waals surface area contributed by atoms with E-state index in [2.05, 4.69) is 45.0 Å². The average molecular weight is 457 g/mol. The molecule has 1 heterocycles. The van der Waals surface area contributed by atoms with Gasteiger partial charge in [0.2, 0.25) is 0 Å². The molecular weight excluding hydrogens is 429 g/mol. The molecule has 0 bridgehead atoms. The first-order valence-corrected chi connectivity index (χ1v) is 8.07. The molecule has 0 unspecified atom stereocenters. The number of hydrogen-bond acceptors (Lipinski definition) is 3. The summed E-state index contributed by atoms with van der Waals surface area (Å²) in [5.74, 6) is 0.762. The fraction of sp³-hybridized carbons (Fsp3) is 0.444. The zero-order valence-corrected chi connectivity index (χ0v) is 17.7. The Morgan fingerprint density at radius 1 is 1.24 bits per heavy atom. The second kappa shape index (κ2) is 10.4. The second-order valence-corrected chi connectivity index (χ2v) is 6.27. The largest absolute Gasteiger partial charge is 0.377 e. The summed E-state index contributed by atoms with van der Waals surface area (Å²) in [5.41, 5.74) is 2.19. The zero-order valence-electron chi connectivity index (χ0n) is 15.3. The fourth-order valence-electron chi connectivity index (χ4n) is 2.19. The first-order chi connectivity index (χ1) is 11.5.